The first-order valence-electron chi connectivity index (χ1n) is 10.5. The van der Waals surface area contributed by atoms with Gasteiger partial charge in [0.25, 0.3) is 0 Å². The molecule has 2 amide bonds. The average Bonchev–Trinajstić information content (AvgIpc) is 3.51. The van der Waals surface area contributed by atoms with Gasteiger partial charge < -0.3 is 15.4 Å². The summed E-state index contributed by atoms with van der Waals surface area (Å²) in [5.74, 6) is 0.348. The van der Waals surface area contributed by atoms with Crippen molar-refractivity contribution in [2.24, 2.45) is 0 Å². The van der Waals surface area contributed by atoms with Crippen molar-refractivity contribution >= 4 is 17.5 Å². The molecule has 0 fully saturated rings. The zero-order valence-corrected chi connectivity index (χ0v) is 17.9. The van der Waals surface area contributed by atoms with Crippen molar-refractivity contribution in [1.82, 2.24) is 24.9 Å². The Kier molecular flexibility index (Phi) is 7.11. The molecule has 2 heterocycles. The summed E-state index contributed by atoms with van der Waals surface area (Å²) in [6.07, 6.45) is 6.92. The van der Waals surface area contributed by atoms with Crippen molar-refractivity contribution in [3.05, 3.63) is 91.0 Å². The second-order valence-electron chi connectivity index (χ2n) is 7.28. The first-order chi connectivity index (χ1) is 16.2. The summed E-state index contributed by atoms with van der Waals surface area (Å²) in [5.41, 5.74) is 2.41. The van der Waals surface area contributed by atoms with Crippen molar-refractivity contribution in [3.8, 4) is 11.4 Å². The van der Waals surface area contributed by atoms with E-state index in [2.05, 4.69) is 20.8 Å². The van der Waals surface area contributed by atoms with Crippen LogP contribution in [0.15, 0.2) is 85.5 Å². The summed E-state index contributed by atoms with van der Waals surface area (Å²) in [5, 5.41) is 14.0. The maximum Gasteiger partial charge on any atom is 0.241 e. The van der Waals surface area contributed by atoms with E-state index < -0.39 is 0 Å². The minimum atomic E-state index is -0.188. The fourth-order valence-electron chi connectivity index (χ4n) is 3.15. The maximum absolute atomic E-state index is 12.3. The van der Waals surface area contributed by atoms with Gasteiger partial charge in [0.05, 0.1) is 30.6 Å². The molecule has 168 valence electrons. The third kappa shape index (κ3) is 6.54. The summed E-state index contributed by atoms with van der Waals surface area (Å²) >= 11 is 0. The molecule has 0 saturated carbocycles. The van der Waals surface area contributed by atoms with Crippen molar-refractivity contribution in [2.75, 3.05) is 11.9 Å². The molecule has 0 aliphatic heterocycles. The third-order valence-electron chi connectivity index (χ3n) is 4.73. The summed E-state index contributed by atoms with van der Waals surface area (Å²) in [6.45, 7) is 0.708. The second kappa shape index (κ2) is 10.8. The molecule has 0 saturated heterocycles. The Morgan fingerprint density at radius 1 is 0.970 bits per heavy atom. The number of carbonyl (C=O) groups excluding carboxylic acids is 2. The zero-order chi connectivity index (χ0) is 22.9. The van der Waals surface area contributed by atoms with Crippen LogP contribution in [-0.4, -0.2) is 38.0 Å². The number of nitrogens with zero attached hydrogens (tertiary/aromatic N) is 4. The van der Waals surface area contributed by atoms with Gasteiger partial charge in [-0.1, -0.05) is 30.3 Å². The molecule has 2 N–H and O–H groups in total. The van der Waals surface area contributed by atoms with E-state index in [1.807, 2.05) is 66.9 Å². The second-order valence-corrected chi connectivity index (χ2v) is 7.28. The average molecular weight is 444 g/mol. The van der Waals surface area contributed by atoms with E-state index in [1.165, 1.54) is 10.9 Å². The summed E-state index contributed by atoms with van der Waals surface area (Å²) in [6, 6.07) is 19.0. The van der Waals surface area contributed by atoms with E-state index >= 15 is 0 Å². The monoisotopic (exact) mass is 444 g/mol. The first-order valence-corrected chi connectivity index (χ1v) is 10.5. The van der Waals surface area contributed by atoms with E-state index in [0.29, 0.717) is 12.2 Å². The lowest BCUT2D eigenvalue weighted by Crippen LogP contribution is -2.27. The van der Waals surface area contributed by atoms with Crippen molar-refractivity contribution < 1.29 is 14.3 Å². The summed E-state index contributed by atoms with van der Waals surface area (Å²) in [4.78, 5) is 24.4. The highest BCUT2D eigenvalue weighted by Crippen LogP contribution is 2.11. The van der Waals surface area contributed by atoms with Gasteiger partial charge in [-0.05, 0) is 35.9 Å². The Morgan fingerprint density at radius 3 is 2.67 bits per heavy atom. The fraction of sp³-hybridized carbons (Fsp3) is 0.167. The van der Waals surface area contributed by atoms with Crippen molar-refractivity contribution in [1.29, 1.82) is 0 Å². The topological polar surface area (TPSA) is 103 Å². The standard InChI is InChI=1S/C24H24N6O3/c31-23(10-13-33-22-8-2-1-3-9-22)28-20-16-27-29(17-20)18-24(32)25-15-19-6-4-7-21(14-19)30-12-5-11-26-30/h1-9,11-12,14,16-17H,10,13,15,18H2,(H,25,32)(H,28,31). The van der Waals surface area contributed by atoms with E-state index in [-0.39, 0.29) is 31.4 Å². The lowest BCUT2D eigenvalue weighted by atomic mass is 10.2. The Balaban J connectivity index is 1.20. The quantitative estimate of drug-likeness (QED) is 0.392. The molecule has 0 aliphatic rings. The number of hydrogen-bond acceptors (Lipinski definition) is 5. The molecule has 33 heavy (non-hydrogen) atoms. The van der Waals surface area contributed by atoms with Gasteiger partial charge in [-0.3, -0.25) is 14.3 Å². The van der Waals surface area contributed by atoms with Gasteiger partial charge in [-0.25, -0.2) is 4.68 Å². The molecule has 4 aromatic rings. The van der Waals surface area contributed by atoms with Crippen LogP contribution in [0.5, 0.6) is 5.75 Å². The van der Waals surface area contributed by atoms with Crippen molar-refractivity contribution in [2.45, 2.75) is 19.5 Å². The van der Waals surface area contributed by atoms with E-state index in [0.717, 1.165) is 17.0 Å². The van der Waals surface area contributed by atoms with Gasteiger partial charge in [-0.2, -0.15) is 10.2 Å². The maximum atomic E-state index is 12.3. The predicted molar refractivity (Wildman–Crippen MR) is 123 cm³/mol. The van der Waals surface area contributed by atoms with E-state index in [9.17, 15) is 9.59 Å². The van der Waals surface area contributed by atoms with Crippen LogP contribution in [0.2, 0.25) is 0 Å². The largest absolute Gasteiger partial charge is 0.493 e. The normalized spacial score (nSPS) is 10.5. The SMILES string of the molecule is O=C(Cn1cc(NC(=O)CCOc2ccccc2)cn1)NCc1cccc(-n2cccn2)c1. The van der Waals surface area contributed by atoms with Crippen molar-refractivity contribution in [3.63, 3.8) is 0 Å². The van der Waals surface area contributed by atoms with Gasteiger partial charge in [0.2, 0.25) is 11.8 Å². The van der Waals surface area contributed by atoms with Crippen LogP contribution >= 0.6 is 0 Å². The molecular weight excluding hydrogens is 420 g/mol. The van der Waals surface area contributed by atoms with Crippen LogP contribution in [0.25, 0.3) is 5.69 Å². The Hall–Kier alpha value is -4.40. The molecule has 0 unspecified atom stereocenters. The summed E-state index contributed by atoms with van der Waals surface area (Å²) < 4.78 is 8.76. The van der Waals surface area contributed by atoms with Gasteiger partial charge in [0, 0.05) is 25.1 Å². The van der Waals surface area contributed by atoms with Gasteiger partial charge >= 0.3 is 0 Å². The van der Waals surface area contributed by atoms with Gasteiger partial charge in [0.15, 0.2) is 0 Å². The predicted octanol–water partition coefficient (Wildman–Crippen LogP) is 2.79. The molecule has 0 aliphatic carbocycles. The lowest BCUT2D eigenvalue weighted by molar-refractivity contribution is -0.122. The molecule has 0 spiro atoms. The smallest absolute Gasteiger partial charge is 0.241 e. The number of para-hydroxylation sites is 1. The van der Waals surface area contributed by atoms with Crippen LogP contribution in [0.1, 0.15) is 12.0 Å². The molecule has 4 rings (SSSR count). The van der Waals surface area contributed by atoms with Crippen LogP contribution < -0.4 is 15.4 Å². The molecule has 9 nitrogen and oxygen atoms in total. The van der Waals surface area contributed by atoms with E-state index in [1.54, 1.807) is 17.1 Å². The van der Waals surface area contributed by atoms with Gasteiger partial charge in [0.1, 0.15) is 12.3 Å². The molecule has 0 radical (unpaired) electrons. The number of rotatable bonds is 10. The van der Waals surface area contributed by atoms with E-state index in [4.69, 9.17) is 4.74 Å². The number of benzene rings is 2. The number of carbonyl (C=O) groups is 2. The number of anilines is 1. The molecule has 0 bridgehead atoms. The minimum absolute atomic E-state index is 0.0475. The van der Waals surface area contributed by atoms with Crippen LogP contribution in [-0.2, 0) is 22.7 Å². The zero-order valence-electron chi connectivity index (χ0n) is 17.9. The Morgan fingerprint density at radius 2 is 1.85 bits per heavy atom. The summed E-state index contributed by atoms with van der Waals surface area (Å²) in [7, 11) is 0. The molecule has 0 atom stereocenters. The van der Waals surface area contributed by atoms with Crippen LogP contribution in [0.4, 0.5) is 5.69 Å². The molecular formula is C24H24N6O3. The molecule has 2 aromatic heterocycles. The lowest BCUT2D eigenvalue weighted by Gasteiger charge is -2.08. The molecule has 2 aromatic carbocycles. The highest BCUT2D eigenvalue weighted by Gasteiger charge is 2.08. The third-order valence-corrected chi connectivity index (χ3v) is 4.73. The van der Waals surface area contributed by atoms with Crippen LogP contribution in [0.3, 0.4) is 0 Å². The molecule has 9 heteroatoms. The Bertz CT molecular complexity index is 1190. The number of aromatic nitrogens is 4. The number of ether oxygens (including phenoxy) is 1. The van der Waals surface area contributed by atoms with Gasteiger partial charge in [-0.15, -0.1) is 0 Å². The minimum Gasteiger partial charge on any atom is -0.493 e. The van der Waals surface area contributed by atoms with Crippen LogP contribution in [0, 0.1) is 0 Å². The number of amides is 2. The Labute approximate surface area is 191 Å². The number of hydrogen-bond donors (Lipinski definition) is 2. The highest BCUT2D eigenvalue weighted by atomic mass is 16.5. The number of nitrogens with one attached hydrogen (secondary N) is 2. The highest BCUT2D eigenvalue weighted by molar-refractivity contribution is 5.90. The fourth-order valence-corrected chi connectivity index (χ4v) is 3.15. The first kappa shape index (κ1) is 21.8.